The molecule has 1 saturated heterocycles. The molecule has 0 bridgehead atoms. The summed E-state index contributed by atoms with van der Waals surface area (Å²) in [5, 5.41) is 8.60. The fraction of sp³-hybridized carbons (Fsp3) is 0.364. The average Bonchev–Trinajstić information content (AvgIpc) is 2.73. The first-order valence-electron chi connectivity index (χ1n) is 5.58. The summed E-state index contributed by atoms with van der Waals surface area (Å²) in [6.07, 6.45) is -1.42. The molecule has 2 N–H and O–H groups in total. The maximum Gasteiger partial charge on any atom is 0.337 e. The fourth-order valence-corrected chi connectivity index (χ4v) is 3.34. The minimum atomic E-state index is -3.99. The van der Waals surface area contributed by atoms with Crippen molar-refractivity contribution >= 4 is 27.6 Å². The Bertz CT molecular complexity index is 636. The largest absolute Gasteiger partial charge is 0.478 e. The fourth-order valence-electron chi connectivity index (χ4n) is 1.74. The first-order valence-corrected chi connectivity index (χ1v) is 7.44. The predicted molar refractivity (Wildman–Crippen MR) is 68.2 cm³/mol. The van der Waals surface area contributed by atoms with E-state index in [-0.39, 0.29) is 28.7 Å². The van der Waals surface area contributed by atoms with Crippen molar-refractivity contribution < 1.29 is 27.4 Å². The normalized spacial score (nSPS) is 22.9. The molecular weight excluding hydrogens is 313 g/mol. The molecule has 1 heterocycles. The van der Waals surface area contributed by atoms with Gasteiger partial charge in [0.2, 0.25) is 10.0 Å². The van der Waals surface area contributed by atoms with Crippen LogP contribution in [0.15, 0.2) is 23.1 Å². The third-order valence-electron chi connectivity index (χ3n) is 2.80. The van der Waals surface area contributed by atoms with E-state index in [1.807, 2.05) is 0 Å². The van der Waals surface area contributed by atoms with Gasteiger partial charge in [0.25, 0.3) is 0 Å². The third-order valence-corrected chi connectivity index (χ3v) is 4.60. The molecule has 1 fully saturated rings. The molecule has 1 aromatic rings. The molecule has 1 aromatic carbocycles. The van der Waals surface area contributed by atoms with E-state index in [1.54, 1.807) is 0 Å². The lowest BCUT2D eigenvalue weighted by molar-refractivity contribution is 0.0697. The quantitative estimate of drug-likeness (QED) is 0.864. The molecule has 1 aliphatic rings. The molecule has 0 amide bonds. The van der Waals surface area contributed by atoms with Gasteiger partial charge in [-0.2, -0.15) is 0 Å². The Morgan fingerprint density at radius 2 is 2.15 bits per heavy atom. The van der Waals surface area contributed by atoms with Gasteiger partial charge in [-0.1, -0.05) is 11.6 Å². The van der Waals surface area contributed by atoms with Gasteiger partial charge in [0.15, 0.2) is 0 Å². The van der Waals surface area contributed by atoms with Crippen LogP contribution >= 0.6 is 11.6 Å². The molecule has 2 atom stereocenters. The van der Waals surface area contributed by atoms with E-state index >= 15 is 0 Å². The molecule has 20 heavy (non-hydrogen) atoms. The lowest BCUT2D eigenvalue weighted by Gasteiger charge is -2.14. The van der Waals surface area contributed by atoms with Gasteiger partial charge in [-0.3, -0.25) is 0 Å². The van der Waals surface area contributed by atoms with E-state index < -0.39 is 28.2 Å². The summed E-state index contributed by atoms with van der Waals surface area (Å²) in [6, 6.07) is 2.23. The molecule has 0 saturated carbocycles. The monoisotopic (exact) mass is 323 g/mol. The number of carboxylic acids is 1. The van der Waals surface area contributed by atoms with Crippen molar-refractivity contribution in [2.75, 3.05) is 13.2 Å². The number of ether oxygens (including phenoxy) is 1. The van der Waals surface area contributed by atoms with Crippen LogP contribution in [0.4, 0.5) is 4.39 Å². The van der Waals surface area contributed by atoms with Crippen LogP contribution in [0.5, 0.6) is 0 Å². The first kappa shape index (κ1) is 15.2. The zero-order valence-corrected chi connectivity index (χ0v) is 11.6. The van der Waals surface area contributed by atoms with Crippen molar-refractivity contribution in [1.29, 1.82) is 0 Å². The van der Waals surface area contributed by atoms with Crippen LogP contribution in [0.25, 0.3) is 0 Å². The van der Waals surface area contributed by atoms with Gasteiger partial charge in [0, 0.05) is 0 Å². The number of carboxylic acid groups (broad SMARTS) is 1. The van der Waals surface area contributed by atoms with Crippen molar-refractivity contribution in [3.8, 4) is 0 Å². The van der Waals surface area contributed by atoms with E-state index in [0.717, 1.165) is 18.2 Å². The number of hydrogen-bond acceptors (Lipinski definition) is 4. The number of sulfonamides is 1. The van der Waals surface area contributed by atoms with Crippen molar-refractivity contribution in [2.24, 2.45) is 0 Å². The maximum atomic E-state index is 13.3. The Kier molecular flexibility index (Phi) is 4.28. The molecule has 0 unspecified atom stereocenters. The highest BCUT2D eigenvalue weighted by atomic mass is 35.5. The number of nitrogens with one attached hydrogen (secondary N) is 1. The van der Waals surface area contributed by atoms with Crippen LogP contribution in [0.2, 0.25) is 5.02 Å². The van der Waals surface area contributed by atoms with E-state index in [9.17, 15) is 17.6 Å². The standard InChI is InChI=1S/C11H11ClFNO5S/c12-8-3-6(1-2-7(8)11(15)16)20(17,18)14-10-5-19-4-9(10)13/h1-3,9-10,14H,4-5H2,(H,15,16)/t9-,10+/m0/s1. The van der Waals surface area contributed by atoms with Crippen LogP contribution in [-0.2, 0) is 14.8 Å². The zero-order chi connectivity index (χ0) is 14.9. The second-order valence-electron chi connectivity index (χ2n) is 4.23. The summed E-state index contributed by atoms with van der Waals surface area (Å²) in [6.45, 7) is -0.215. The van der Waals surface area contributed by atoms with Gasteiger partial charge in [-0.25, -0.2) is 22.3 Å². The van der Waals surface area contributed by atoms with Crippen molar-refractivity contribution in [2.45, 2.75) is 17.1 Å². The molecule has 0 radical (unpaired) electrons. The van der Waals surface area contributed by atoms with Gasteiger partial charge in [0.05, 0.1) is 34.7 Å². The molecule has 110 valence electrons. The van der Waals surface area contributed by atoms with E-state index in [1.165, 1.54) is 0 Å². The number of carbonyl (C=O) groups is 1. The van der Waals surface area contributed by atoms with Crippen molar-refractivity contribution in [1.82, 2.24) is 4.72 Å². The van der Waals surface area contributed by atoms with Gasteiger partial charge in [0.1, 0.15) is 6.17 Å². The van der Waals surface area contributed by atoms with Crippen LogP contribution < -0.4 is 4.72 Å². The van der Waals surface area contributed by atoms with Crippen LogP contribution in [0.1, 0.15) is 10.4 Å². The third kappa shape index (κ3) is 3.09. The highest BCUT2D eigenvalue weighted by molar-refractivity contribution is 7.89. The molecule has 2 rings (SSSR count). The maximum absolute atomic E-state index is 13.3. The zero-order valence-electron chi connectivity index (χ0n) is 10.0. The number of alkyl halides is 1. The molecule has 0 aliphatic carbocycles. The van der Waals surface area contributed by atoms with Crippen LogP contribution in [0, 0.1) is 0 Å². The summed E-state index contributed by atoms with van der Waals surface area (Å²) in [5.74, 6) is -1.26. The summed E-state index contributed by atoms with van der Waals surface area (Å²) in [4.78, 5) is 10.6. The van der Waals surface area contributed by atoms with Crippen LogP contribution in [-0.4, -0.2) is 44.9 Å². The SMILES string of the molecule is O=C(O)c1ccc(S(=O)(=O)N[C@@H]2COC[C@@H]2F)cc1Cl. The lowest BCUT2D eigenvalue weighted by Crippen LogP contribution is -2.40. The van der Waals surface area contributed by atoms with Gasteiger partial charge in [-0.05, 0) is 18.2 Å². The Hall–Kier alpha value is -1.22. The molecule has 1 aliphatic heterocycles. The molecular formula is C11H11ClFNO5S. The molecule has 0 aromatic heterocycles. The summed E-state index contributed by atoms with van der Waals surface area (Å²) in [5.41, 5.74) is -0.210. The first-order chi connectivity index (χ1) is 9.31. The highest BCUT2D eigenvalue weighted by Crippen LogP contribution is 2.22. The van der Waals surface area contributed by atoms with Crippen molar-refractivity contribution in [3.63, 3.8) is 0 Å². The highest BCUT2D eigenvalue weighted by Gasteiger charge is 2.32. The minimum absolute atomic E-state index is 0.0542. The number of hydrogen-bond donors (Lipinski definition) is 2. The minimum Gasteiger partial charge on any atom is -0.478 e. The number of rotatable bonds is 4. The average molecular weight is 324 g/mol. The Labute approximate surface area is 119 Å². The Balaban J connectivity index is 2.25. The van der Waals surface area contributed by atoms with Gasteiger partial charge < -0.3 is 9.84 Å². The molecule has 9 heteroatoms. The number of benzene rings is 1. The van der Waals surface area contributed by atoms with Crippen LogP contribution in [0.3, 0.4) is 0 Å². The number of halogens is 2. The van der Waals surface area contributed by atoms with E-state index in [2.05, 4.69) is 4.72 Å². The van der Waals surface area contributed by atoms with Gasteiger partial charge >= 0.3 is 5.97 Å². The van der Waals surface area contributed by atoms with E-state index in [0.29, 0.717) is 0 Å². The summed E-state index contributed by atoms with van der Waals surface area (Å²) >= 11 is 5.70. The predicted octanol–water partition coefficient (Wildman–Crippen LogP) is 1.05. The molecule has 6 nitrogen and oxygen atoms in total. The van der Waals surface area contributed by atoms with Gasteiger partial charge in [-0.15, -0.1) is 0 Å². The summed E-state index contributed by atoms with van der Waals surface area (Å²) < 4.78 is 44.4. The smallest absolute Gasteiger partial charge is 0.337 e. The summed E-state index contributed by atoms with van der Waals surface area (Å²) in [7, 11) is -3.99. The Morgan fingerprint density at radius 1 is 1.45 bits per heavy atom. The lowest BCUT2D eigenvalue weighted by atomic mass is 10.2. The number of aromatic carboxylic acids is 1. The Morgan fingerprint density at radius 3 is 2.65 bits per heavy atom. The second-order valence-corrected chi connectivity index (χ2v) is 6.35. The van der Waals surface area contributed by atoms with Crippen molar-refractivity contribution in [3.05, 3.63) is 28.8 Å². The molecule has 0 spiro atoms. The van der Waals surface area contributed by atoms with E-state index in [4.69, 9.17) is 21.4 Å². The second kappa shape index (κ2) is 5.65. The topological polar surface area (TPSA) is 92.7 Å².